The van der Waals surface area contributed by atoms with Crippen LogP contribution in [0.5, 0.6) is 0 Å². The summed E-state index contributed by atoms with van der Waals surface area (Å²) in [4.78, 5) is 14.7. The Bertz CT molecular complexity index is 483. The third-order valence-electron chi connectivity index (χ3n) is 5.10. The second-order valence-electron chi connectivity index (χ2n) is 6.58. The first-order chi connectivity index (χ1) is 10.7. The Morgan fingerprint density at radius 2 is 1.73 bits per heavy atom. The molecule has 1 aromatic rings. The fourth-order valence-electron chi connectivity index (χ4n) is 3.78. The maximum absolute atomic E-state index is 12.3. The Labute approximate surface area is 132 Å². The number of piperidine rings is 1. The first kappa shape index (κ1) is 15.5. The van der Waals surface area contributed by atoms with Crippen LogP contribution in [-0.2, 0) is 4.79 Å². The van der Waals surface area contributed by atoms with Gasteiger partial charge in [0, 0.05) is 17.6 Å². The summed E-state index contributed by atoms with van der Waals surface area (Å²) in [5, 5.41) is 13.2. The number of carbonyl (C=O) groups is 1. The minimum Gasteiger partial charge on any atom is -0.391 e. The Balaban J connectivity index is 1.50. The molecule has 1 aliphatic heterocycles. The van der Waals surface area contributed by atoms with Crippen molar-refractivity contribution in [2.45, 2.75) is 50.7 Å². The largest absolute Gasteiger partial charge is 0.391 e. The number of aliphatic hydroxyl groups excluding tert-OH is 1. The topological polar surface area (TPSA) is 52.6 Å². The summed E-state index contributed by atoms with van der Waals surface area (Å²) in [7, 11) is 0. The summed E-state index contributed by atoms with van der Waals surface area (Å²) in [5.41, 5.74) is 0.873. The Morgan fingerprint density at radius 3 is 2.41 bits per heavy atom. The molecule has 4 heteroatoms. The highest BCUT2D eigenvalue weighted by Crippen LogP contribution is 2.28. The van der Waals surface area contributed by atoms with Crippen LogP contribution in [0.2, 0.25) is 0 Å². The molecule has 1 aromatic carbocycles. The first-order valence-electron chi connectivity index (χ1n) is 8.52. The predicted molar refractivity (Wildman–Crippen MR) is 87.6 cm³/mol. The summed E-state index contributed by atoms with van der Waals surface area (Å²) >= 11 is 0. The van der Waals surface area contributed by atoms with Crippen molar-refractivity contribution in [3.63, 3.8) is 0 Å². The number of nitrogens with one attached hydrogen (secondary N) is 1. The molecule has 3 rings (SSSR count). The molecular formula is C18H26N2O2. The molecule has 2 unspecified atom stereocenters. The van der Waals surface area contributed by atoms with E-state index < -0.39 is 0 Å². The van der Waals surface area contributed by atoms with Crippen LogP contribution in [0.4, 0.5) is 5.69 Å². The fourth-order valence-corrected chi connectivity index (χ4v) is 3.78. The molecule has 2 atom stereocenters. The molecule has 2 aliphatic rings. The highest BCUT2D eigenvalue weighted by molar-refractivity contribution is 5.92. The van der Waals surface area contributed by atoms with Crippen LogP contribution in [-0.4, -0.2) is 41.1 Å². The molecule has 1 heterocycles. The molecule has 2 N–H and O–H groups in total. The standard InChI is InChI=1S/C18H26N2O2/c21-17-9-5-4-8-16(17)20-12-10-14(11-13-20)18(22)19-15-6-2-1-3-7-15/h1-3,6-7,14,16-17,21H,4-5,8-13H2,(H,19,22). The van der Waals surface area contributed by atoms with E-state index in [9.17, 15) is 9.90 Å². The first-order valence-corrected chi connectivity index (χ1v) is 8.52. The summed E-state index contributed by atoms with van der Waals surface area (Å²) in [5.74, 6) is 0.229. The second-order valence-corrected chi connectivity index (χ2v) is 6.58. The maximum atomic E-state index is 12.3. The number of benzene rings is 1. The maximum Gasteiger partial charge on any atom is 0.227 e. The predicted octanol–water partition coefficient (Wildman–Crippen LogP) is 2.64. The lowest BCUT2D eigenvalue weighted by Gasteiger charge is -2.41. The number of aliphatic hydroxyl groups is 1. The number of carbonyl (C=O) groups excluding carboxylic acids is 1. The Kier molecular flexibility index (Phi) is 5.11. The number of hydrogen-bond acceptors (Lipinski definition) is 3. The zero-order chi connectivity index (χ0) is 15.4. The van der Waals surface area contributed by atoms with Gasteiger partial charge in [-0.3, -0.25) is 9.69 Å². The van der Waals surface area contributed by atoms with Crippen molar-refractivity contribution < 1.29 is 9.90 Å². The van der Waals surface area contributed by atoms with Gasteiger partial charge in [0.2, 0.25) is 5.91 Å². The number of amides is 1. The Hall–Kier alpha value is -1.39. The van der Waals surface area contributed by atoms with E-state index in [1.807, 2.05) is 30.3 Å². The molecule has 1 aliphatic carbocycles. The summed E-state index contributed by atoms with van der Waals surface area (Å²) in [6.45, 7) is 1.85. The van der Waals surface area contributed by atoms with Crippen LogP contribution in [0, 0.1) is 5.92 Å². The van der Waals surface area contributed by atoms with Crippen molar-refractivity contribution in [3.05, 3.63) is 30.3 Å². The minimum atomic E-state index is -0.177. The number of para-hydroxylation sites is 1. The lowest BCUT2D eigenvalue weighted by atomic mass is 9.88. The lowest BCUT2D eigenvalue weighted by Crippen LogP contribution is -2.49. The van der Waals surface area contributed by atoms with Gasteiger partial charge in [-0.1, -0.05) is 31.0 Å². The van der Waals surface area contributed by atoms with Crippen molar-refractivity contribution in [2.75, 3.05) is 18.4 Å². The Morgan fingerprint density at radius 1 is 1.05 bits per heavy atom. The van der Waals surface area contributed by atoms with Crippen LogP contribution in [0.1, 0.15) is 38.5 Å². The molecule has 22 heavy (non-hydrogen) atoms. The van der Waals surface area contributed by atoms with E-state index in [4.69, 9.17) is 0 Å². The molecule has 0 radical (unpaired) electrons. The highest BCUT2D eigenvalue weighted by Gasteiger charge is 2.33. The smallest absolute Gasteiger partial charge is 0.227 e. The van der Waals surface area contributed by atoms with Crippen LogP contribution >= 0.6 is 0 Å². The summed E-state index contributed by atoms with van der Waals surface area (Å²) in [6, 6.07) is 9.97. The van der Waals surface area contributed by atoms with Crippen LogP contribution in [0.3, 0.4) is 0 Å². The van der Waals surface area contributed by atoms with E-state index in [0.717, 1.165) is 50.9 Å². The van der Waals surface area contributed by atoms with Crippen molar-refractivity contribution in [3.8, 4) is 0 Å². The zero-order valence-corrected chi connectivity index (χ0v) is 13.1. The van der Waals surface area contributed by atoms with Gasteiger partial charge >= 0.3 is 0 Å². The number of likely N-dealkylation sites (tertiary alicyclic amines) is 1. The lowest BCUT2D eigenvalue weighted by molar-refractivity contribution is -0.121. The van der Waals surface area contributed by atoms with Crippen molar-refractivity contribution >= 4 is 11.6 Å². The average Bonchev–Trinajstić information content (AvgIpc) is 2.56. The molecule has 4 nitrogen and oxygen atoms in total. The van der Waals surface area contributed by atoms with Gasteiger partial charge in [0.15, 0.2) is 0 Å². The number of anilines is 1. The molecule has 1 amide bonds. The SMILES string of the molecule is O=C(Nc1ccccc1)C1CCN(C2CCCCC2O)CC1. The molecule has 120 valence electrons. The number of rotatable bonds is 3. The van der Waals surface area contributed by atoms with Gasteiger partial charge in [-0.05, 0) is 50.9 Å². The minimum absolute atomic E-state index is 0.0946. The highest BCUT2D eigenvalue weighted by atomic mass is 16.3. The molecule has 1 saturated heterocycles. The van der Waals surface area contributed by atoms with E-state index in [-0.39, 0.29) is 17.9 Å². The van der Waals surface area contributed by atoms with Crippen molar-refractivity contribution in [1.82, 2.24) is 4.90 Å². The van der Waals surface area contributed by atoms with E-state index in [1.54, 1.807) is 0 Å². The average molecular weight is 302 g/mol. The zero-order valence-electron chi connectivity index (χ0n) is 13.1. The van der Waals surface area contributed by atoms with Gasteiger partial charge in [0.1, 0.15) is 0 Å². The molecule has 2 fully saturated rings. The van der Waals surface area contributed by atoms with Gasteiger partial charge in [-0.25, -0.2) is 0 Å². The third kappa shape index (κ3) is 3.68. The van der Waals surface area contributed by atoms with E-state index in [1.165, 1.54) is 6.42 Å². The molecule has 1 saturated carbocycles. The van der Waals surface area contributed by atoms with Gasteiger partial charge < -0.3 is 10.4 Å². The molecule has 0 spiro atoms. The molecule has 0 aromatic heterocycles. The van der Waals surface area contributed by atoms with E-state index >= 15 is 0 Å². The fraction of sp³-hybridized carbons (Fsp3) is 0.611. The van der Waals surface area contributed by atoms with Gasteiger partial charge in [-0.2, -0.15) is 0 Å². The summed E-state index contributed by atoms with van der Waals surface area (Å²) < 4.78 is 0. The van der Waals surface area contributed by atoms with Gasteiger partial charge in [0.05, 0.1) is 6.10 Å². The van der Waals surface area contributed by atoms with Crippen LogP contribution in [0.15, 0.2) is 30.3 Å². The van der Waals surface area contributed by atoms with E-state index in [2.05, 4.69) is 10.2 Å². The van der Waals surface area contributed by atoms with E-state index in [0.29, 0.717) is 6.04 Å². The number of hydrogen-bond donors (Lipinski definition) is 2. The normalized spacial score (nSPS) is 27.5. The third-order valence-corrected chi connectivity index (χ3v) is 5.10. The molecule has 0 bridgehead atoms. The molecular weight excluding hydrogens is 276 g/mol. The second kappa shape index (κ2) is 7.25. The number of nitrogens with zero attached hydrogens (tertiary/aromatic N) is 1. The van der Waals surface area contributed by atoms with Crippen LogP contribution in [0.25, 0.3) is 0 Å². The van der Waals surface area contributed by atoms with Crippen molar-refractivity contribution in [2.24, 2.45) is 5.92 Å². The summed E-state index contributed by atoms with van der Waals surface area (Å²) in [6.07, 6.45) is 6.00. The van der Waals surface area contributed by atoms with Gasteiger partial charge in [-0.15, -0.1) is 0 Å². The quantitative estimate of drug-likeness (QED) is 0.902. The monoisotopic (exact) mass is 302 g/mol. The van der Waals surface area contributed by atoms with Gasteiger partial charge in [0.25, 0.3) is 0 Å². The van der Waals surface area contributed by atoms with Crippen LogP contribution < -0.4 is 5.32 Å². The van der Waals surface area contributed by atoms with Crippen molar-refractivity contribution in [1.29, 1.82) is 0 Å².